The van der Waals surface area contributed by atoms with Gasteiger partial charge in [0.15, 0.2) is 10.6 Å². The summed E-state index contributed by atoms with van der Waals surface area (Å²) < 4.78 is 9.76. The highest BCUT2D eigenvalue weighted by molar-refractivity contribution is 6.48. The number of halogens is 2. The maximum Gasteiger partial charge on any atom is 0.190 e. The third-order valence-corrected chi connectivity index (χ3v) is 1.72. The molecule has 0 rings (SSSR count). The summed E-state index contributed by atoms with van der Waals surface area (Å²) in [6.45, 7) is 6.95. The topological polar surface area (TPSA) is 18.5 Å². The first-order valence-corrected chi connectivity index (χ1v) is 5.39. The van der Waals surface area contributed by atoms with Crippen LogP contribution < -0.4 is 0 Å². The van der Waals surface area contributed by atoms with E-state index in [0.717, 1.165) is 12.8 Å². The highest BCUT2D eigenvalue weighted by Crippen LogP contribution is 2.27. The fourth-order valence-electron chi connectivity index (χ4n) is 0.791. The van der Waals surface area contributed by atoms with Crippen LogP contribution in [-0.4, -0.2) is 23.8 Å². The molecular formula is C9H18Cl2O2. The summed E-state index contributed by atoms with van der Waals surface area (Å²) in [5, 5.41) is 0. The molecule has 80 valence electrons. The molecule has 4 heteroatoms. The molecule has 0 amide bonds. The van der Waals surface area contributed by atoms with Crippen molar-refractivity contribution in [2.75, 3.05) is 13.2 Å². The van der Waals surface area contributed by atoms with Gasteiger partial charge >= 0.3 is 0 Å². The lowest BCUT2D eigenvalue weighted by molar-refractivity contribution is -0.147. The van der Waals surface area contributed by atoms with Gasteiger partial charge in [-0.05, 0) is 19.8 Å². The van der Waals surface area contributed by atoms with Gasteiger partial charge in [-0.25, -0.2) is 0 Å². The van der Waals surface area contributed by atoms with E-state index in [4.69, 9.17) is 32.7 Å². The zero-order valence-electron chi connectivity index (χ0n) is 8.48. The van der Waals surface area contributed by atoms with Crippen LogP contribution in [-0.2, 0) is 9.47 Å². The number of hydrogen-bond acceptors (Lipinski definition) is 2. The maximum absolute atomic E-state index is 5.89. The predicted molar refractivity (Wildman–Crippen MR) is 56.4 cm³/mol. The minimum Gasteiger partial charge on any atom is -0.350 e. The molecule has 0 N–H and O–H groups in total. The molecule has 0 spiro atoms. The predicted octanol–water partition coefficient (Wildman–Crippen LogP) is 3.36. The molecule has 0 aromatic heterocycles. The smallest absolute Gasteiger partial charge is 0.190 e. The number of hydrogen-bond donors (Lipinski definition) is 0. The molecule has 0 aliphatic heterocycles. The van der Waals surface area contributed by atoms with E-state index >= 15 is 0 Å². The summed E-state index contributed by atoms with van der Waals surface area (Å²) in [5.74, 6) is 0. The van der Waals surface area contributed by atoms with E-state index in [1.54, 1.807) is 6.92 Å². The monoisotopic (exact) mass is 228 g/mol. The quantitative estimate of drug-likeness (QED) is 0.492. The summed E-state index contributed by atoms with van der Waals surface area (Å²) in [6, 6.07) is 0. The van der Waals surface area contributed by atoms with E-state index in [0.29, 0.717) is 13.2 Å². The van der Waals surface area contributed by atoms with E-state index < -0.39 is 10.6 Å². The molecule has 0 saturated carbocycles. The Balaban J connectivity index is 3.88. The van der Waals surface area contributed by atoms with Gasteiger partial charge in [-0.2, -0.15) is 0 Å². The van der Waals surface area contributed by atoms with Crippen molar-refractivity contribution in [1.82, 2.24) is 0 Å². The number of rotatable bonds is 7. The van der Waals surface area contributed by atoms with Crippen molar-refractivity contribution in [2.45, 2.75) is 44.2 Å². The Morgan fingerprint density at radius 3 is 1.69 bits per heavy atom. The largest absolute Gasteiger partial charge is 0.350 e. The molecule has 0 aromatic rings. The fourth-order valence-corrected chi connectivity index (χ4v) is 1.04. The SMILES string of the molecule is CCCOC(OCCC)C(C)(Cl)Cl. The summed E-state index contributed by atoms with van der Waals surface area (Å²) in [5.41, 5.74) is 0. The van der Waals surface area contributed by atoms with E-state index in [1.165, 1.54) is 0 Å². The summed E-state index contributed by atoms with van der Waals surface area (Å²) in [6.07, 6.45) is 1.32. The molecule has 0 fully saturated rings. The molecule has 0 aromatic carbocycles. The molecule has 0 bridgehead atoms. The van der Waals surface area contributed by atoms with E-state index in [1.807, 2.05) is 13.8 Å². The van der Waals surface area contributed by atoms with Crippen LogP contribution in [0.4, 0.5) is 0 Å². The molecule has 0 heterocycles. The van der Waals surface area contributed by atoms with Crippen LogP contribution in [0.2, 0.25) is 0 Å². The standard InChI is InChI=1S/C9H18Cl2O2/c1-4-6-12-8(9(3,10)11)13-7-5-2/h8H,4-7H2,1-3H3. The Morgan fingerprint density at radius 1 is 1.08 bits per heavy atom. The Kier molecular flexibility index (Phi) is 7.15. The van der Waals surface area contributed by atoms with Crippen LogP contribution in [0.15, 0.2) is 0 Å². The van der Waals surface area contributed by atoms with E-state index in [2.05, 4.69) is 0 Å². The molecule has 0 radical (unpaired) electrons. The molecule has 0 aliphatic carbocycles. The van der Waals surface area contributed by atoms with Gasteiger partial charge < -0.3 is 9.47 Å². The molecule has 13 heavy (non-hydrogen) atoms. The Hall–Kier alpha value is 0.500. The van der Waals surface area contributed by atoms with Gasteiger partial charge in [-0.15, -0.1) is 0 Å². The first-order chi connectivity index (χ1) is 6.02. The zero-order valence-corrected chi connectivity index (χ0v) is 9.99. The second-order valence-electron chi connectivity index (χ2n) is 3.03. The highest BCUT2D eigenvalue weighted by Gasteiger charge is 2.31. The van der Waals surface area contributed by atoms with Gasteiger partial charge in [-0.1, -0.05) is 37.0 Å². The first-order valence-electron chi connectivity index (χ1n) is 4.63. The second kappa shape index (κ2) is 6.88. The lowest BCUT2D eigenvalue weighted by Crippen LogP contribution is -2.34. The van der Waals surface area contributed by atoms with Crippen LogP contribution in [0.5, 0.6) is 0 Å². The minimum absolute atomic E-state index is 0.532. The average Bonchev–Trinajstić information content (AvgIpc) is 2.02. The van der Waals surface area contributed by atoms with Crippen molar-refractivity contribution in [3.05, 3.63) is 0 Å². The molecule has 0 aliphatic rings. The number of alkyl halides is 2. The maximum atomic E-state index is 5.89. The molecular weight excluding hydrogens is 211 g/mol. The summed E-state index contributed by atoms with van der Waals surface area (Å²) >= 11 is 11.8. The van der Waals surface area contributed by atoms with E-state index in [-0.39, 0.29) is 0 Å². The van der Waals surface area contributed by atoms with Crippen molar-refractivity contribution in [1.29, 1.82) is 0 Å². The van der Waals surface area contributed by atoms with Gasteiger partial charge in [0.25, 0.3) is 0 Å². The lowest BCUT2D eigenvalue weighted by atomic mass is 10.4. The molecule has 0 unspecified atom stereocenters. The van der Waals surface area contributed by atoms with E-state index in [9.17, 15) is 0 Å². The van der Waals surface area contributed by atoms with Crippen LogP contribution in [0.3, 0.4) is 0 Å². The van der Waals surface area contributed by atoms with Crippen LogP contribution >= 0.6 is 23.2 Å². The first kappa shape index (κ1) is 13.5. The van der Waals surface area contributed by atoms with Crippen molar-refractivity contribution in [3.8, 4) is 0 Å². The second-order valence-corrected chi connectivity index (χ2v) is 4.79. The Bertz CT molecular complexity index is 115. The van der Waals surface area contributed by atoms with Gasteiger partial charge in [0.05, 0.1) is 0 Å². The summed E-state index contributed by atoms with van der Waals surface area (Å²) in [4.78, 5) is 0. The molecule has 0 saturated heterocycles. The van der Waals surface area contributed by atoms with Gasteiger partial charge in [0, 0.05) is 13.2 Å². The van der Waals surface area contributed by atoms with Gasteiger partial charge in [-0.3, -0.25) is 0 Å². The van der Waals surface area contributed by atoms with Crippen LogP contribution in [0.25, 0.3) is 0 Å². The zero-order chi connectivity index (χ0) is 10.3. The van der Waals surface area contributed by atoms with Gasteiger partial charge in [0.1, 0.15) is 0 Å². The Morgan fingerprint density at radius 2 is 1.46 bits per heavy atom. The normalized spacial score (nSPS) is 12.5. The summed E-state index contributed by atoms with van der Waals surface area (Å²) in [7, 11) is 0. The average molecular weight is 229 g/mol. The highest BCUT2D eigenvalue weighted by atomic mass is 35.5. The fraction of sp³-hybridized carbons (Fsp3) is 1.00. The lowest BCUT2D eigenvalue weighted by Gasteiger charge is -2.26. The number of ether oxygens (including phenoxy) is 2. The molecule has 2 nitrogen and oxygen atoms in total. The third-order valence-electron chi connectivity index (χ3n) is 1.36. The Labute approximate surface area is 90.5 Å². The van der Waals surface area contributed by atoms with Crippen molar-refractivity contribution in [2.24, 2.45) is 0 Å². The minimum atomic E-state index is -0.982. The van der Waals surface area contributed by atoms with Crippen LogP contribution in [0.1, 0.15) is 33.6 Å². The third kappa shape index (κ3) is 6.55. The van der Waals surface area contributed by atoms with Gasteiger partial charge in [0.2, 0.25) is 0 Å². The van der Waals surface area contributed by atoms with Crippen LogP contribution in [0, 0.1) is 0 Å². The molecule has 0 atom stereocenters. The van der Waals surface area contributed by atoms with Crippen molar-refractivity contribution >= 4 is 23.2 Å². The van der Waals surface area contributed by atoms with Crippen molar-refractivity contribution in [3.63, 3.8) is 0 Å². The van der Waals surface area contributed by atoms with Crippen molar-refractivity contribution < 1.29 is 9.47 Å².